The number of carbonyl (C=O) groups is 2. The Labute approximate surface area is 121 Å². The van der Waals surface area contributed by atoms with E-state index in [1.165, 1.54) is 0 Å². The van der Waals surface area contributed by atoms with Crippen LogP contribution in [0.3, 0.4) is 0 Å². The van der Waals surface area contributed by atoms with Crippen LogP contribution in [0, 0.1) is 6.92 Å². The van der Waals surface area contributed by atoms with Crippen molar-refractivity contribution < 1.29 is 19.1 Å². The molecule has 1 heterocycles. The van der Waals surface area contributed by atoms with Crippen LogP contribution in [0.5, 0.6) is 0 Å². The number of hydrogen-bond donors (Lipinski definition) is 3. The zero-order valence-electron chi connectivity index (χ0n) is 11.4. The van der Waals surface area contributed by atoms with Gasteiger partial charge in [0, 0.05) is 0 Å². The molecule has 7 nitrogen and oxygen atoms in total. The summed E-state index contributed by atoms with van der Waals surface area (Å²) in [5.74, 6) is -0.141. The molecule has 1 atom stereocenters. The monoisotopic (exact) mass is 289 g/mol. The van der Waals surface area contributed by atoms with Crippen LogP contribution in [0.1, 0.15) is 23.3 Å². The van der Waals surface area contributed by atoms with Crippen molar-refractivity contribution in [3.8, 4) is 0 Å². The van der Waals surface area contributed by atoms with Gasteiger partial charge in [0.15, 0.2) is 6.04 Å². The lowest BCUT2D eigenvalue weighted by atomic mass is 10.1. The second kappa shape index (κ2) is 6.56. The summed E-state index contributed by atoms with van der Waals surface area (Å²) in [6.45, 7) is 1.83. The highest BCUT2D eigenvalue weighted by Crippen LogP contribution is 2.12. The molecule has 2 amide bonds. The zero-order chi connectivity index (χ0) is 15.2. The molecule has 0 fully saturated rings. The Bertz CT molecular complexity index is 624. The fraction of sp³-hybridized carbons (Fsp3) is 0.214. The van der Waals surface area contributed by atoms with Crippen LogP contribution in [0.4, 0.5) is 4.79 Å². The van der Waals surface area contributed by atoms with Gasteiger partial charge in [-0.3, -0.25) is 0 Å². The van der Waals surface area contributed by atoms with Gasteiger partial charge in [-0.1, -0.05) is 30.3 Å². The smallest absolute Gasteiger partial charge is 0.330 e. The minimum absolute atomic E-state index is 0.0841. The maximum absolute atomic E-state index is 11.8. The first kappa shape index (κ1) is 14.6. The molecule has 0 saturated carbocycles. The van der Waals surface area contributed by atoms with E-state index in [4.69, 9.17) is 4.42 Å². The average molecular weight is 289 g/mol. The van der Waals surface area contributed by atoms with Crippen molar-refractivity contribution in [3.05, 3.63) is 53.7 Å². The lowest BCUT2D eigenvalue weighted by molar-refractivity contribution is -0.139. The van der Waals surface area contributed by atoms with Gasteiger partial charge in [-0.25, -0.2) is 14.6 Å². The van der Waals surface area contributed by atoms with Crippen molar-refractivity contribution in [1.82, 2.24) is 15.6 Å². The highest BCUT2D eigenvalue weighted by Gasteiger charge is 2.21. The molecular formula is C14H15N3O4. The van der Waals surface area contributed by atoms with Crippen molar-refractivity contribution in [3.63, 3.8) is 0 Å². The van der Waals surface area contributed by atoms with Crippen LogP contribution in [-0.2, 0) is 11.3 Å². The number of oxazole rings is 1. The molecule has 2 aromatic rings. The lowest BCUT2D eigenvalue weighted by Gasteiger charge is -2.15. The van der Waals surface area contributed by atoms with Crippen LogP contribution < -0.4 is 10.6 Å². The molecule has 1 aromatic heterocycles. The maximum Gasteiger partial charge on any atom is 0.330 e. The topological polar surface area (TPSA) is 104 Å². The molecule has 0 unspecified atom stereocenters. The number of carboxylic acids is 1. The standard InChI is InChI=1S/C14H15N3O4/c1-9-7-15-11(21-9)8-16-14(20)17-12(13(18)19)10-5-3-2-4-6-10/h2-7,12H,8H2,1H3,(H,18,19)(H2,16,17,20)/t12-/m1/s1. The zero-order valence-corrected chi connectivity index (χ0v) is 11.4. The molecule has 0 aliphatic heterocycles. The minimum Gasteiger partial charge on any atom is -0.479 e. The Morgan fingerprint density at radius 1 is 1.33 bits per heavy atom. The predicted octanol–water partition coefficient (Wildman–Crippen LogP) is 1.61. The summed E-state index contributed by atoms with van der Waals surface area (Å²) < 4.78 is 5.20. The Morgan fingerprint density at radius 2 is 2.05 bits per heavy atom. The van der Waals surface area contributed by atoms with Gasteiger partial charge in [0.25, 0.3) is 0 Å². The summed E-state index contributed by atoms with van der Waals surface area (Å²) in [6.07, 6.45) is 1.54. The fourth-order valence-corrected chi connectivity index (χ4v) is 1.75. The summed E-state index contributed by atoms with van der Waals surface area (Å²) in [5, 5.41) is 14.1. The van der Waals surface area contributed by atoms with Gasteiger partial charge in [-0.2, -0.15) is 0 Å². The van der Waals surface area contributed by atoms with E-state index < -0.39 is 18.0 Å². The van der Waals surface area contributed by atoms with Crippen molar-refractivity contribution in [2.75, 3.05) is 0 Å². The average Bonchev–Trinajstić information content (AvgIpc) is 2.89. The Kier molecular flexibility index (Phi) is 4.55. The molecule has 0 spiro atoms. The number of aromatic nitrogens is 1. The van der Waals surface area contributed by atoms with E-state index in [-0.39, 0.29) is 6.54 Å². The Balaban J connectivity index is 1.94. The SMILES string of the molecule is Cc1cnc(CNC(=O)N[C@@H](C(=O)O)c2ccccc2)o1. The van der Waals surface area contributed by atoms with Crippen molar-refractivity contribution in [2.45, 2.75) is 19.5 Å². The largest absolute Gasteiger partial charge is 0.479 e. The molecule has 0 aliphatic carbocycles. The second-order valence-corrected chi connectivity index (χ2v) is 4.37. The molecule has 0 radical (unpaired) electrons. The third-order valence-corrected chi connectivity index (χ3v) is 2.72. The highest BCUT2D eigenvalue weighted by atomic mass is 16.4. The molecule has 7 heteroatoms. The number of benzene rings is 1. The molecular weight excluding hydrogens is 274 g/mol. The number of aryl methyl sites for hydroxylation is 1. The van der Waals surface area contributed by atoms with Crippen LogP contribution in [0.2, 0.25) is 0 Å². The van der Waals surface area contributed by atoms with E-state index in [1.54, 1.807) is 43.5 Å². The Hall–Kier alpha value is -2.83. The third-order valence-electron chi connectivity index (χ3n) is 2.72. The van der Waals surface area contributed by atoms with Gasteiger partial charge >= 0.3 is 12.0 Å². The molecule has 0 saturated heterocycles. The lowest BCUT2D eigenvalue weighted by Crippen LogP contribution is -2.40. The molecule has 0 bridgehead atoms. The summed E-state index contributed by atoms with van der Waals surface area (Å²) in [5.41, 5.74) is 0.493. The van der Waals surface area contributed by atoms with Crippen LogP contribution in [0.15, 0.2) is 40.9 Å². The normalized spacial score (nSPS) is 11.7. The van der Waals surface area contributed by atoms with Crippen LogP contribution >= 0.6 is 0 Å². The van der Waals surface area contributed by atoms with Gasteiger partial charge in [0.1, 0.15) is 5.76 Å². The summed E-state index contributed by atoms with van der Waals surface area (Å²) in [6, 6.07) is 6.74. The first-order chi connectivity index (χ1) is 10.1. The molecule has 21 heavy (non-hydrogen) atoms. The number of nitrogens with zero attached hydrogens (tertiary/aromatic N) is 1. The van der Waals surface area contributed by atoms with E-state index in [0.29, 0.717) is 17.2 Å². The predicted molar refractivity (Wildman–Crippen MR) is 73.4 cm³/mol. The van der Waals surface area contributed by atoms with Gasteiger partial charge in [0.05, 0.1) is 12.7 Å². The summed E-state index contributed by atoms with van der Waals surface area (Å²) in [4.78, 5) is 26.9. The number of hydrogen-bond acceptors (Lipinski definition) is 4. The number of urea groups is 1. The summed E-state index contributed by atoms with van der Waals surface area (Å²) >= 11 is 0. The number of amides is 2. The van der Waals surface area contributed by atoms with Gasteiger partial charge < -0.3 is 20.2 Å². The van der Waals surface area contributed by atoms with E-state index in [9.17, 15) is 14.7 Å². The molecule has 1 aromatic carbocycles. The van der Waals surface area contributed by atoms with Crippen molar-refractivity contribution in [1.29, 1.82) is 0 Å². The van der Waals surface area contributed by atoms with Gasteiger partial charge in [-0.15, -0.1) is 0 Å². The second-order valence-electron chi connectivity index (χ2n) is 4.37. The minimum atomic E-state index is -1.14. The number of aliphatic carboxylic acids is 1. The van der Waals surface area contributed by atoms with Gasteiger partial charge in [-0.05, 0) is 12.5 Å². The quantitative estimate of drug-likeness (QED) is 0.775. The first-order valence-electron chi connectivity index (χ1n) is 6.29. The number of rotatable bonds is 5. The molecule has 3 N–H and O–H groups in total. The Morgan fingerprint density at radius 3 is 2.62 bits per heavy atom. The van der Waals surface area contributed by atoms with Crippen molar-refractivity contribution in [2.24, 2.45) is 0 Å². The fourth-order valence-electron chi connectivity index (χ4n) is 1.75. The molecule has 2 rings (SSSR count). The van der Waals surface area contributed by atoms with Crippen LogP contribution in [-0.4, -0.2) is 22.1 Å². The number of nitrogens with one attached hydrogen (secondary N) is 2. The van der Waals surface area contributed by atoms with Crippen molar-refractivity contribution >= 4 is 12.0 Å². The van der Waals surface area contributed by atoms with Gasteiger partial charge in [0.2, 0.25) is 5.89 Å². The van der Waals surface area contributed by atoms with Crippen LogP contribution in [0.25, 0.3) is 0 Å². The highest BCUT2D eigenvalue weighted by molar-refractivity contribution is 5.83. The maximum atomic E-state index is 11.8. The van der Waals surface area contributed by atoms with E-state index in [0.717, 1.165) is 0 Å². The molecule has 0 aliphatic rings. The third kappa shape index (κ3) is 4.07. The first-order valence-corrected chi connectivity index (χ1v) is 6.29. The number of carboxylic acid groups (broad SMARTS) is 1. The summed E-state index contributed by atoms with van der Waals surface area (Å²) in [7, 11) is 0. The van der Waals surface area contributed by atoms with E-state index in [1.807, 2.05) is 0 Å². The molecule has 110 valence electrons. The van der Waals surface area contributed by atoms with E-state index >= 15 is 0 Å². The van der Waals surface area contributed by atoms with E-state index in [2.05, 4.69) is 15.6 Å². The number of carbonyl (C=O) groups excluding carboxylic acids is 1.